The number of anilines is 1. The fraction of sp³-hybridized carbons (Fsp3) is 0.133. The van der Waals surface area contributed by atoms with Crippen molar-refractivity contribution in [2.45, 2.75) is 0 Å². The smallest absolute Gasteiger partial charge is 0.300 e. The normalized spacial score (nSPS) is 9.92. The first-order valence-corrected chi connectivity index (χ1v) is 7.08. The molecule has 0 spiro atoms. The fourth-order valence-electron chi connectivity index (χ4n) is 2.03. The van der Waals surface area contributed by atoms with E-state index in [2.05, 4.69) is 10.9 Å². The molecule has 0 radical (unpaired) electrons. The first kappa shape index (κ1) is 18.4. The molecule has 1 amide bonds. The predicted molar refractivity (Wildman–Crippen MR) is 90.4 cm³/mol. The number of hydrogen-bond acceptors (Lipinski definition) is 8. The van der Waals surface area contributed by atoms with Crippen LogP contribution in [-0.2, 0) is 0 Å². The highest BCUT2D eigenvalue weighted by molar-refractivity contribution is 5.96. The van der Waals surface area contributed by atoms with Gasteiger partial charge in [-0.1, -0.05) is 0 Å². The molecular formula is C15H14N4O7. The maximum absolute atomic E-state index is 12.2. The highest BCUT2D eigenvalue weighted by Gasteiger charge is 2.20. The second kappa shape index (κ2) is 7.79. The van der Waals surface area contributed by atoms with E-state index in [1.165, 1.54) is 26.4 Å². The number of methoxy groups -OCH3 is 2. The lowest BCUT2D eigenvalue weighted by Crippen LogP contribution is -2.29. The van der Waals surface area contributed by atoms with Crippen molar-refractivity contribution in [1.82, 2.24) is 5.43 Å². The van der Waals surface area contributed by atoms with E-state index >= 15 is 0 Å². The van der Waals surface area contributed by atoms with Gasteiger partial charge in [-0.15, -0.1) is 0 Å². The van der Waals surface area contributed by atoms with Crippen molar-refractivity contribution in [2.24, 2.45) is 0 Å². The van der Waals surface area contributed by atoms with Crippen molar-refractivity contribution in [2.75, 3.05) is 19.6 Å². The maximum Gasteiger partial charge on any atom is 0.300 e. The second-order valence-electron chi connectivity index (χ2n) is 4.90. The van der Waals surface area contributed by atoms with E-state index in [0.29, 0.717) is 11.5 Å². The Morgan fingerprint density at radius 3 is 2.08 bits per heavy atom. The summed E-state index contributed by atoms with van der Waals surface area (Å²) in [6.07, 6.45) is 0. The van der Waals surface area contributed by atoms with Crippen LogP contribution in [0.2, 0.25) is 0 Å². The molecule has 136 valence electrons. The molecule has 2 aromatic rings. The minimum absolute atomic E-state index is 0.108. The molecule has 0 heterocycles. The van der Waals surface area contributed by atoms with Gasteiger partial charge >= 0.3 is 5.69 Å². The average molecular weight is 362 g/mol. The van der Waals surface area contributed by atoms with Crippen LogP contribution in [0.15, 0.2) is 36.4 Å². The van der Waals surface area contributed by atoms with E-state index in [9.17, 15) is 25.0 Å². The third-order valence-corrected chi connectivity index (χ3v) is 3.31. The van der Waals surface area contributed by atoms with Gasteiger partial charge in [0.25, 0.3) is 11.6 Å². The number of nitro groups is 2. The summed E-state index contributed by atoms with van der Waals surface area (Å²) in [7, 11) is 2.85. The van der Waals surface area contributed by atoms with E-state index in [1.807, 2.05) is 0 Å². The van der Waals surface area contributed by atoms with E-state index < -0.39 is 27.1 Å². The van der Waals surface area contributed by atoms with Crippen LogP contribution in [0.25, 0.3) is 0 Å². The van der Waals surface area contributed by atoms with Crippen LogP contribution in [0, 0.1) is 20.2 Å². The Hall–Kier alpha value is -3.89. The first-order chi connectivity index (χ1) is 12.3. The number of non-ortho nitro benzene ring substituents is 1. The molecule has 0 unspecified atom stereocenters. The summed E-state index contributed by atoms with van der Waals surface area (Å²) < 4.78 is 10.1. The van der Waals surface area contributed by atoms with Gasteiger partial charge in [-0.2, -0.15) is 0 Å². The van der Waals surface area contributed by atoms with Crippen molar-refractivity contribution >= 4 is 23.0 Å². The van der Waals surface area contributed by atoms with E-state index in [0.717, 1.165) is 18.2 Å². The number of amides is 1. The number of carbonyl (C=O) groups excluding carboxylic acids is 1. The molecule has 0 aromatic heterocycles. The van der Waals surface area contributed by atoms with Crippen LogP contribution in [0.3, 0.4) is 0 Å². The SMILES string of the molecule is COc1cc(OC)cc(C(=O)NNc2ccc([N+](=O)[O-])cc2[N+](=O)[O-])c1. The standard InChI is InChI=1S/C15H14N4O7/c1-25-11-5-9(6-12(8-11)26-2)15(20)17-16-13-4-3-10(18(21)22)7-14(13)19(23)24/h3-8,16H,1-2H3,(H,17,20). The molecule has 11 nitrogen and oxygen atoms in total. The molecule has 0 atom stereocenters. The summed E-state index contributed by atoms with van der Waals surface area (Å²) in [4.78, 5) is 32.5. The maximum atomic E-state index is 12.2. The van der Waals surface area contributed by atoms with E-state index in [1.54, 1.807) is 6.07 Å². The third-order valence-electron chi connectivity index (χ3n) is 3.31. The first-order valence-electron chi connectivity index (χ1n) is 7.08. The van der Waals surface area contributed by atoms with Gasteiger partial charge in [0.05, 0.1) is 30.1 Å². The van der Waals surface area contributed by atoms with Crippen LogP contribution < -0.4 is 20.3 Å². The van der Waals surface area contributed by atoms with E-state index in [4.69, 9.17) is 9.47 Å². The second-order valence-corrected chi connectivity index (χ2v) is 4.90. The monoisotopic (exact) mass is 362 g/mol. The van der Waals surface area contributed by atoms with Gasteiger partial charge in [-0.3, -0.25) is 35.9 Å². The number of nitrogens with one attached hydrogen (secondary N) is 2. The number of ether oxygens (including phenoxy) is 2. The molecule has 0 aliphatic rings. The lowest BCUT2D eigenvalue weighted by Gasteiger charge is -2.11. The van der Waals surface area contributed by atoms with Crippen LogP contribution >= 0.6 is 0 Å². The third kappa shape index (κ3) is 4.14. The Morgan fingerprint density at radius 2 is 1.58 bits per heavy atom. The molecule has 0 saturated heterocycles. The van der Waals surface area contributed by atoms with Crippen LogP contribution in [0.5, 0.6) is 11.5 Å². The Balaban J connectivity index is 2.22. The van der Waals surface area contributed by atoms with Crippen molar-refractivity contribution < 1.29 is 24.1 Å². The summed E-state index contributed by atoms with van der Waals surface area (Å²) in [5, 5.41) is 21.8. The summed E-state index contributed by atoms with van der Waals surface area (Å²) in [5.41, 5.74) is 3.76. The largest absolute Gasteiger partial charge is 0.497 e. The number of hydrazine groups is 1. The van der Waals surface area contributed by atoms with Gasteiger partial charge in [0.15, 0.2) is 0 Å². The Bertz CT molecular complexity index is 847. The van der Waals surface area contributed by atoms with Gasteiger partial charge in [0.1, 0.15) is 17.2 Å². The number of rotatable bonds is 7. The van der Waals surface area contributed by atoms with Gasteiger partial charge in [0.2, 0.25) is 0 Å². The number of hydrogen-bond donors (Lipinski definition) is 2. The van der Waals surface area contributed by atoms with Crippen molar-refractivity contribution in [3.63, 3.8) is 0 Å². The quantitative estimate of drug-likeness (QED) is 0.563. The van der Waals surface area contributed by atoms with Crippen molar-refractivity contribution in [1.29, 1.82) is 0 Å². The highest BCUT2D eigenvalue weighted by Crippen LogP contribution is 2.28. The van der Waals surface area contributed by atoms with Gasteiger partial charge in [0, 0.05) is 17.7 Å². The van der Waals surface area contributed by atoms with Crippen LogP contribution in [0.1, 0.15) is 10.4 Å². The van der Waals surface area contributed by atoms with Gasteiger partial charge in [-0.05, 0) is 18.2 Å². The summed E-state index contributed by atoms with van der Waals surface area (Å²) >= 11 is 0. The van der Waals surface area contributed by atoms with E-state index in [-0.39, 0.29) is 11.3 Å². The fourth-order valence-corrected chi connectivity index (χ4v) is 2.03. The zero-order valence-electron chi connectivity index (χ0n) is 13.7. The minimum Gasteiger partial charge on any atom is -0.497 e. The lowest BCUT2D eigenvalue weighted by atomic mass is 10.2. The van der Waals surface area contributed by atoms with Crippen LogP contribution in [-0.4, -0.2) is 30.0 Å². The molecule has 2 N–H and O–H groups in total. The zero-order chi connectivity index (χ0) is 19.3. The number of benzene rings is 2. The number of nitrogens with zero attached hydrogens (tertiary/aromatic N) is 2. The molecule has 0 aliphatic heterocycles. The summed E-state index contributed by atoms with van der Waals surface area (Å²) in [6.45, 7) is 0. The highest BCUT2D eigenvalue weighted by atomic mass is 16.6. The molecule has 0 aliphatic carbocycles. The van der Waals surface area contributed by atoms with Crippen molar-refractivity contribution in [3.8, 4) is 11.5 Å². The molecule has 26 heavy (non-hydrogen) atoms. The zero-order valence-corrected chi connectivity index (χ0v) is 13.7. The molecule has 0 fully saturated rings. The Kier molecular flexibility index (Phi) is 5.53. The predicted octanol–water partition coefficient (Wildman–Crippen LogP) is 2.28. The Labute approximate surface area is 146 Å². The number of carbonyl (C=O) groups is 1. The van der Waals surface area contributed by atoms with Crippen molar-refractivity contribution in [3.05, 3.63) is 62.2 Å². The van der Waals surface area contributed by atoms with Crippen LogP contribution in [0.4, 0.5) is 17.1 Å². The summed E-state index contributed by atoms with van der Waals surface area (Å²) in [6, 6.07) is 7.47. The molecule has 2 aromatic carbocycles. The number of nitro benzene ring substituents is 2. The summed E-state index contributed by atoms with van der Waals surface area (Å²) in [5.74, 6) is 0.154. The molecule has 0 saturated carbocycles. The molecular weight excluding hydrogens is 348 g/mol. The molecule has 2 rings (SSSR count). The lowest BCUT2D eigenvalue weighted by molar-refractivity contribution is -0.393. The minimum atomic E-state index is -0.796. The topological polar surface area (TPSA) is 146 Å². The van der Waals surface area contributed by atoms with Gasteiger partial charge in [-0.25, -0.2) is 0 Å². The Morgan fingerprint density at radius 1 is 0.962 bits per heavy atom. The molecule has 11 heteroatoms. The van der Waals surface area contributed by atoms with Gasteiger partial charge < -0.3 is 9.47 Å². The molecule has 0 bridgehead atoms. The average Bonchev–Trinajstić information content (AvgIpc) is 2.65.